The molecule has 6 nitrogen and oxygen atoms in total. The molecule has 1 heterocycles. The summed E-state index contributed by atoms with van der Waals surface area (Å²) in [6.45, 7) is 2.00. The maximum Gasteiger partial charge on any atom is 0.373 e. The third kappa shape index (κ3) is 2.20. The highest BCUT2D eigenvalue weighted by molar-refractivity contribution is 7.21. The number of aryl methyl sites for hydroxylation is 1. The van der Waals surface area contributed by atoms with E-state index in [9.17, 15) is 4.79 Å². The van der Waals surface area contributed by atoms with Crippen molar-refractivity contribution >= 4 is 32.7 Å². The molecule has 0 atom stereocenters. The van der Waals surface area contributed by atoms with E-state index in [1.54, 1.807) is 0 Å². The second-order valence-electron chi connectivity index (χ2n) is 3.12. The summed E-state index contributed by atoms with van der Waals surface area (Å²) in [5.74, 6) is 4.86. The fraction of sp³-hybridized carbons (Fsp3) is 0.111. The maximum absolute atomic E-state index is 10.7. The molecule has 3 N–H and O–H groups in total. The van der Waals surface area contributed by atoms with Gasteiger partial charge in [0, 0.05) is 0 Å². The van der Waals surface area contributed by atoms with Crippen LogP contribution < -0.4 is 11.3 Å². The van der Waals surface area contributed by atoms with Gasteiger partial charge in [0.25, 0.3) is 0 Å². The van der Waals surface area contributed by atoms with E-state index >= 15 is 0 Å². The van der Waals surface area contributed by atoms with E-state index in [0.29, 0.717) is 5.13 Å². The number of urea groups is 1. The molecule has 1 aromatic heterocycles. The molecule has 2 rings (SSSR count). The Labute approximate surface area is 95.2 Å². The zero-order valence-corrected chi connectivity index (χ0v) is 9.28. The predicted molar refractivity (Wildman–Crippen MR) is 61.6 cm³/mol. The summed E-state index contributed by atoms with van der Waals surface area (Å²) < 4.78 is 1.02. The topological polar surface area (TPSA) is 92.7 Å². The van der Waals surface area contributed by atoms with Crippen LogP contribution in [-0.2, 0) is 0 Å². The number of aromatic nitrogens is 1. The summed E-state index contributed by atoms with van der Waals surface area (Å²) in [7, 11) is 0. The molecular weight excluding hydrogens is 226 g/mol. The van der Waals surface area contributed by atoms with Crippen LogP contribution in [0.15, 0.2) is 28.4 Å². The van der Waals surface area contributed by atoms with Gasteiger partial charge < -0.3 is 0 Å². The zero-order chi connectivity index (χ0) is 11.5. The van der Waals surface area contributed by atoms with Crippen molar-refractivity contribution < 1.29 is 4.79 Å². The smallest absolute Gasteiger partial charge is 0.273 e. The molecule has 0 saturated carbocycles. The average Bonchev–Trinajstić information content (AvgIpc) is 2.67. The van der Waals surface area contributed by atoms with Gasteiger partial charge in [-0.2, -0.15) is 0 Å². The Morgan fingerprint density at radius 1 is 1.56 bits per heavy atom. The Kier molecular flexibility index (Phi) is 2.88. The van der Waals surface area contributed by atoms with Crippen LogP contribution in [0.4, 0.5) is 9.93 Å². The van der Waals surface area contributed by atoms with E-state index in [1.807, 2.05) is 30.5 Å². The van der Waals surface area contributed by atoms with Crippen LogP contribution in [0.25, 0.3) is 10.2 Å². The van der Waals surface area contributed by atoms with E-state index in [2.05, 4.69) is 15.2 Å². The Morgan fingerprint density at radius 2 is 2.38 bits per heavy atom. The Balaban J connectivity index is 2.33. The van der Waals surface area contributed by atoms with Crippen LogP contribution in [0.3, 0.4) is 0 Å². The highest BCUT2D eigenvalue weighted by atomic mass is 32.1. The maximum atomic E-state index is 10.7. The molecule has 0 radical (unpaired) electrons. The van der Waals surface area contributed by atoms with Gasteiger partial charge in [0.15, 0.2) is 0 Å². The summed E-state index contributed by atoms with van der Waals surface area (Å²) in [4.78, 5) is 14.9. The number of hydrogen-bond donors (Lipinski definition) is 2. The number of benzene rings is 1. The highest BCUT2D eigenvalue weighted by Crippen LogP contribution is 2.28. The van der Waals surface area contributed by atoms with Gasteiger partial charge in [-0.05, 0) is 24.6 Å². The quantitative estimate of drug-likeness (QED) is 0.343. The summed E-state index contributed by atoms with van der Waals surface area (Å²) >= 11 is 1.37. The van der Waals surface area contributed by atoms with E-state index in [0.717, 1.165) is 15.8 Å². The fourth-order valence-electron chi connectivity index (χ4n) is 1.18. The minimum atomic E-state index is -0.699. The van der Waals surface area contributed by atoms with E-state index in [-0.39, 0.29) is 0 Å². The van der Waals surface area contributed by atoms with Crippen molar-refractivity contribution in [2.45, 2.75) is 6.92 Å². The van der Waals surface area contributed by atoms with E-state index in [1.165, 1.54) is 11.3 Å². The Bertz CT molecular complexity index is 562. The molecule has 0 aliphatic rings. The molecule has 0 bridgehead atoms. The lowest BCUT2D eigenvalue weighted by Crippen LogP contribution is -2.26. The Hall–Kier alpha value is -1.86. The number of fused-ring (bicyclic) bond motifs is 1. The third-order valence-electron chi connectivity index (χ3n) is 1.88. The van der Waals surface area contributed by atoms with Crippen molar-refractivity contribution in [2.75, 3.05) is 0 Å². The van der Waals surface area contributed by atoms with E-state index < -0.39 is 6.03 Å². The first-order valence-electron chi connectivity index (χ1n) is 4.48. The number of nitrogens with two attached hydrogens (primary N) is 1. The number of rotatable bonds is 1. The predicted octanol–water partition coefficient (Wildman–Crippen LogP) is 2.27. The molecule has 2 amide bonds. The van der Waals surface area contributed by atoms with Crippen LogP contribution in [-0.4, -0.2) is 11.0 Å². The molecule has 0 aliphatic carbocycles. The molecule has 82 valence electrons. The number of nitrogens with one attached hydrogen (secondary N) is 1. The monoisotopic (exact) mass is 235 g/mol. The summed E-state index contributed by atoms with van der Waals surface area (Å²) in [5, 5.41) is 7.45. The van der Waals surface area contributed by atoms with Gasteiger partial charge in [-0.15, -0.1) is 5.11 Å². The molecule has 2 aromatic rings. The highest BCUT2D eigenvalue weighted by Gasteiger charge is 2.03. The standard InChI is InChI=1S/C9H9N5OS/c1-5-2-3-6-7(4-5)16-9(11-6)14-13-8(15)12-10/h2-4H,10H2,1H3,(H,12,15). The molecule has 0 spiro atoms. The second-order valence-corrected chi connectivity index (χ2v) is 4.13. The normalized spacial score (nSPS) is 11.1. The largest absolute Gasteiger partial charge is 0.373 e. The van der Waals surface area contributed by atoms with Crippen LogP contribution >= 0.6 is 11.3 Å². The summed E-state index contributed by atoms with van der Waals surface area (Å²) in [6, 6.07) is 5.18. The first-order valence-corrected chi connectivity index (χ1v) is 5.30. The van der Waals surface area contributed by atoms with Crippen molar-refractivity contribution in [1.82, 2.24) is 10.4 Å². The van der Waals surface area contributed by atoms with Crippen LogP contribution in [0, 0.1) is 6.92 Å². The lowest BCUT2D eigenvalue weighted by atomic mass is 10.2. The zero-order valence-electron chi connectivity index (χ0n) is 8.47. The minimum Gasteiger partial charge on any atom is -0.273 e. The van der Waals surface area contributed by atoms with Gasteiger partial charge in [0.05, 0.1) is 10.2 Å². The van der Waals surface area contributed by atoms with Crippen molar-refractivity contribution in [2.24, 2.45) is 16.1 Å². The van der Waals surface area contributed by atoms with Gasteiger partial charge >= 0.3 is 6.03 Å². The molecular formula is C9H9N5OS. The third-order valence-corrected chi connectivity index (χ3v) is 2.78. The lowest BCUT2D eigenvalue weighted by Gasteiger charge is -1.88. The minimum absolute atomic E-state index is 0.434. The van der Waals surface area contributed by atoms with Crippen LogP contribution in [0.5, 0.6) is 0 Å². The fourth-order valence-corrected chi connectivity index (χ4v) is 2.06. The number of carbonyl (C=O) groups excluding carboxylic acids is 1. The first-order chi connectivity index (χ1) is 7.69. The van der Waals surface area contributed by atoms with Crippen molar-refractivity contribution in [1.29, 1.82) is 0 Å². The molecule has 0 unspecified atom stereocenters. The molecule has 7 heteroatoms. The number of thiazole rings is 1. The van der Waals surface area contributed by atoms with Gasteiger partial charge in [-0.25, -0.2) is 15.6 Å². The molecule has 0 fully saturated rings. The number of amides is 2. The number of nitrogens with zero attached hydrogens (tertiary/aromatic N) is 3. The molecule has 1 aromatic carbocycles. The van der Waals surface area contributed by atoms with Crippen molar-refractivity contribution in [3.63, 3.8) is 0 Å². The summed E-state index contributed by atoms with van der Waals surface area (Å²) in [6.07, 6.45) is 0. The van der Waals surface area contributed by atoms with Crippen molar-refractivity contribution in [3.05, 3.63) is 23.8 Å². The number of carbonyl (C=O) groups is 1. The van der Waals surface area contributed by atoms with Gasteiger partial charge in [-0.1, -0.05) is 22.5 Å². The van der Waals surface area contributed by atoms with Gasteiger partial charge in [0.2, 0.25) is 5.13 Å². The summed E-state index contributed by atoms with van der Waals surface area (Å²) in [5.41, 5.74) is 3.85. The molecule has 16 heavy (non-hydrogen) atoms. The molecule has 0 aliphatic heterocycles. The number of hydrogen-bond acceptors (Lipinski definition) is 5. The van der Waals surface area contributed by atoms with Crippen LogP contribution in [0.2, 0.25) is 0 Å². The average molecular weight is 235 g/mol. The SMILES string of the molecule is Cc1ccc2nc(N=NC(=O)NN)sc2c1. The van der Waals surface area contributed by atoms with Crippen molar-refractivity contribution in [3.8, 4) is 0 Å². The van der Waals surface area contributed by atoms with Gasteiger partial charge in [0.1, 0.15) is 0 Å². The Morgan fingerprint density at radius 3 is 3.12 bits per heavy atom. The number of hydrazine groups is 1. The van der Waals surface area contributed by atoms with Crippen LogP contribution in [0.1, 0.15) is 5.56 Å². The van der Waals surface area contributed by atoms with Gasteiger partial charge in [-0.3, -0.25) is 5.43 Å². The lowest BCUT2D eigenvalue weighted by molar-refractivity contribution is 0.248. The first kappa shape index (κ1) is 10.7. The number of azo groups is 1. The van der Waals surface area contributed by atoms with E-state index in [4.69, 9.17) is 5.84 Å². The second kappa shape index (κ2) is 4.33. The molecule has 0 saturated heterocycles.